The standard InChI is InChI=1S/C54H40N2SSi/c1-3-18-39(19-4-1)58(40-20-5-2-6-21-40,53-32-16-27-46-45-26-10-14-31-52(45)57-54(46)53)41-22-15-17-37(35-41)55-50-30-13-9-25-44(50)47-36-38(33-34-51(47)55)56-48-28-11-7-23-42(48)43-24-8-12-29-49(43)56/h1-8,10-16,18-24,26-37H,9,17,25H2. The predicted molar refractivity (Wildman–Crippen MR) is 251 cm³/mol. The van der Waals surface area contributed by atoms with Crippen molar-refractivity contribution in [1.29, 1.82) is 0 Å². The zero-order valence-electron chi connectivity index (χ0n) is 32.1. The van der Waals surface area contributed by atoms with Gasteiger partial charge >= 0.3 is 0 Å². The lowest BCUT2D eigenvalue weighted by Gasteiger charge is -2.37. The van der Waals surface area contributed by atoms with E-state index in [0.717, 1.165) is 19.3 Å². The van der Waals surface area contributed by atoms with E-state index in [1.807, 2.05) is 11.3 Å². The first-order valence-electron chi connectivity index (χ1n) is 20.5. The Morgan fingerprint density at radius 1 is 0.534 bits per heavy atom. The molecule has 0 amide bonds. The second-order valence-electron chi connectivity index (χ2n) is 15.8. The van der Waals surface area contributed by atoms with Gasteiger partial charge in [-0.1, -0.05) is 158 Å². The molecule has 0 radical (unpaired) electrons. The van der Waals surface area contributed by atoms with Gasteiger partial charge in [-0.25, -0.2) is 0 Å². The van der Waals surface area contributed by atoms with Crippen molar-refractivity contribution in [2.45, 2.75) is 25.3 Å². The fourth-order valence-corrected chi connectivity index (χ4v) is 17.1. The minimum atomic E-state index is -2.86. The smallest absolute Gasteiger partial charge is 0.180 e. The van der Waals surface area contributed by atoms with Crippen molar-refractivity contribution in [2.24, 2.45) is 0 Å². The fourth-order valence-electron chi connectivity index (χ4n) is 10.4. The summed E-state index contributed by atoms with van der Waals surface area (Å²) in [6, 6.07) is 64.0. The zero-order valence-corrected chi connectivity index (χ0v) is 33.9. The van der Waals surface area contributed by atoms with Crippen LogP contribution in [0.1, 0.15) is 30.1 Å². The van der Waals surface area contributed by atoms with Gasteiger partial charge in [-0.15, -0.1) is 11.3 Å². The maximum atomic E-state index is 2.68. The van der Waals surface area contributed by atoms with Crippen LogP contribution in [0.3, 0.4) is 0 Å². The molecule has 0 N–H and O–H groups in total. The van der Waals surface area contributed by atoms with Crippen molar-refractivity contribution < 1.29 is 0 Å². The van der Waals surface area contributed by atoms with Crippen LogP contribution in [0.4, 0.5) is 0 Å². The van der Waals surface area contributed by atoms with E-state index in [-0.39, 0.29) is 6.04 Å². The van der Waals surface area contributed by atoms with E-state index in [1.54, 1.807) is 0 Å². The van der Waals surface area contributed by atoms with Gasteiger partial charge in [0.25, 0.3) is 0 Å². The Morgan fingerprint density at radius 3 is 1.93 bits per heavy atom. The number of allylic oxidation sites excluding steroid dienone is 5. The van der Waals surface area contributed by atoms with Gasteiger partial charge in [0.05, 0.1) is 17.1 Å². The average Bonchev–Trinajstić information content (AvgIpc) is 3.96. The van der Waals surface area contributed by atoms with E-state index >= 15 is 0 Å². The second-order valence-corrected chi connectivity index (χ2v) is 20.7. The number of nitrogens with zero attached hydrogens (tertiary/aromatic N) is 2. The summed E-state index contributed by atoms with van der Waals surface area (Å²) in [5.74, 6) is 0. The number of hydrogen-bond donors (Lipinski definition) is 0. The summed E-state index contributed by atoms with van der Waals surface area (Å²) < 4.78 is 7.89. The number of hydrogen-bond acceptors (Lipinski definition) is 1. The highest BCUT2D eigenvalue weighted by atomic mass is 32.1. The minimum Gasteiger partial charge on any atom is -0.333 e. The van der Waals surface area contributed by atoms with Gasteiger partial charge in [-0.2, -0.15) is 0 Å². The normalized spacial score (nSPS) is 15.5. The molecule has 2 aliphatic carbocycles. The van der Waals surface area contributed by atoms with Gasteiger partial charge in [0.2, 0.25) is 0 Å². The summed E-state index contributed by atoms with van der Waals surface area (Å²) in [5, 5.41) is 12.4. The third kappa shape index (κ3) is 4.89. The first-order valence-corrected chi connectivity index (χ1v) is 23.3. The van der Waals surface area contributed by atoms with Crippen molar-refractivity contribution in [3.8, 4) is 5.69 Å². The van der Waals surface area contributed by atoms with Crippen LogP contribution in [0, 0.1) is 0 Å². The van der Waals surface area contributed by atoms with Gasteiger partial charge in [0.1, 0.15) is 0 Å². The molecule has 3 aromatic heterocycles. The molecule has 276 valence electrons. The number of fused-ring (bicyclic) bond motifs is 9. The Labute approximate surface area is 342 Å². The molecule has 2 aliphatic rings. The molecular weight excluding hydrogens is 737 g/mol. The Bertz CT molecular complexity index is 3230. The molecule has 12 rings (SSSR count). The van der Waals surface area contributed by atoms with Crippen molar-refractivity contribution in [1.82, 2.24) is 9.13 Å². The average molecular weight is 777 g/mol. The molecular formula is C54H40N2SSi. The van der Waals surface area contributed by atoms with Crippen LogP contribution < -0.4 is 15.6 Å². The van der Waals surface area contributed by atoms with E-state index in [0.29, 0.717) is 0 Å². The van der Waals surface area contributed by atoms with Gasteiger partial charge in [-0.3, -0.25) is 0 Å². The molecule has 58 heavy (non-hydrogen) atoms. The van der Waals surface area contributed by atoms with Crippen molar-refractivity contribution >= 4 is 93.9 Å². The van der Waals surface area contributed by atoms with Crippen LogP contribution >= 0.6 is 11.3 Å². The molecule has 0 aliphatic heterocycles. The van der Waals surface area contributed by atoms with Crippen LogP contribution in [0.15, 0.2) is 199 Å². The Balaban J connectivity index is 1.10. The summed E-state index contributed by atoms with van der Waals surface area (Å²) >= 11 is 1.96. The lowest BCUT2D eigenvalue weighted by atomic mass is 10.0. The number of rotatable bonds is 6. The Morgan fingerprint density at radius 2 is 1.19 bits per heavy atom. The highest BCUT2D eigenvalue weighted by Gasteiger charge is 2.44. The first kappa shape index (κ1) is 33.7. The van der Waals surface area contributed by atoms with Crippen LogP contribution in [-0.4, -0.2) is 17.2 Å². The molecule has 0 saturated heterocycles. The molecule has 2 nitrogen and oxygen atoms in total. The molecule has 0 bridgehead atoms. The highest BCUT2D eigenvalue weighted by Crippen LogP contribution is 2.41. The molecule has 0 fully saturated rings. The maximum Gasteiger partial charge on any atom is 0.180 e. The van der Waals surface area contributed by atoms with Crippen LogP contribution in [-0.2, 0) is 6.42 Å². The molecule has 4 heteroatoms. The second kappa shape index (κ2) is 13.3. The van der Waals surface area contributed by atoms with Gasteiger partial charge < -0.3 is 9.13 Å². The monoisotopic (exact) mass is 776 g/mol. The van der Waals surface area contributed by atoms with Crippen molar-refractivity contribution in [3.63, 3.8) is 0 Å². The lowest BCUT2D eigenvalue weighted by molar-refractivity contribution is 0.619. The molecule has 7 aromatic carbocycles. The summed E-state index contributed by atoms with van der Waals surface area (Å²) in [5.41, 5.74) is 7.85. The fraction of sp³-hybridized carbons (Fsp3) is 0.0741. The number of aryl methyl sites for hydroxylation is 1. The summed E-state index contributed by atoms with van der Waals surface area (Å²) in [6.07, 6.45) is 15.5. The summed E-state index contributed by atoms with van der Waals surface area (Å²) in [7, 11) is -2.86. The third-order valence-electron chi connectivity index (χ3n) is 12.8. The lowest BCUT2D eigenvalue weighted by Crippen LogP contribution is -2.68. The highest BCUT2D eigenvalue weighted by molar-refractivity contribution is 7.30. The number of aromatic nitrogens is 2. The first-order chi connectivity index (χ1) is 28.8. The zero-order chi connectivity index (χ0) is 38.2. The van der Waals surface area contributed by atoms with Gasteiger partial charge in [0, 0.05) is 53.2 Å². The predicted octanol–water partition coefficient (Wildman–Crippen LogP) is 12.2. The molecule has 10 aromatic rings. The van der Waals surface area contributed by atoms with Gasteiger partial charge in [0.15, 0.2) is 8.07 Å². The number of para-hydroxylation sites is 2. The minimum absolute atomic E-state index is 0.161. The maximum absolute atomic E-state index is 2.86. The Kier molecular flexibility index (Phi) is 7.72. The van der Waals surface area contributed by atoms with E-state index in [2.05, 4.69) is 209 Å². The summed E-state index contributed by atoms with van der Waals surface area (Å²) in [4.78, 5) is 0. The van der Waals surface area contributed by atoms with Crippen molar-refractivity contribution in [2.75, 3.05) is 0 Å². The quantitative estimate of drug-likeness (QED) is 0.118. The van der Waals surface area contributed by atoms with E-state index < -0.39 is 8.07 Å². The molecule has 1 unspecified atom stereocenters. The molecule has 0 saturated carbocycles. The molecule has 1 atom stereocenters. The topological polar surface area (TPSA) is 9.86 Å². The SMILES string of the molecule is C1=Cc2c(c3cc(-n4c5ccccc5c5ccccc54)ccc3n2C2C=C([Si](c3ccccc3)(c3ccccc3)c3cccc4c3sc3ccccc34)C=CC2)CC1. The summed E-state index contributed by atoms with van der Waals surface area (Å²) in [6.45, 7) is 0. The van der Waals surface area contributed by atoms with E-state index in [9.17, 15) is 0 Å². The van der Waals surface area contributed by atoms with E-state index in [1.165, 1.54) is 90.6 Å². The number of thiophene rings is 1. The van der Waals surface area contributed by atoms with Crippen LogP contribution in [0.5, 0.6) is 0 Å². The Hall–Kier alpha value is -6.46. The van der Waals surface area contributed by atoms with Crippen LogP contribution in [0.2, 0.25) is 0 Å². The van der Waals surface area contributed by atoms with E-state index in [4.69, 9.17) is 0 Å². The third-order valence-corrected chi connectivity index (χ3v) is 19.1. The largest absolute Gasteiger partial charge is 0.333 e. The molecule has 0 spiro atoms. The van der Waals surface area contributed by atoms with Crippen molar-refractivity contribution in [3.05, 3.63) is 211 Å². The van der Waals surface area contributed by atoms with Gasteiger partial charge in [-0.05, 0) is 88.1 Å². The number of benzene rings is 7. The molecule has 3 heterocycles. The van der Waals surface area contributed by atoms with Crippen LogP contribution in [0.25, 0.3) is 64.6 Å².